The predicted octanol–water partition coefficient (Wildman–Crippen LogP) is 5.92. The van der Waals surface area contributed by atoms with Gasteiger partial charge in [-0.25, -0.2) is 9.59 Å². The molecule has 4 aromatic rings. The first kappa shape index (κ1) is 19.8. The van der Waals surface area contributed by atoms with Gasteiger partial charge in [0.1, 0.15) is 6.61 Å². The van der Waals surface area contributed by atoms with Crippen LogP contribution in [0.2, 0.25) is 0 Å². The van der Waals surface area contributed by atoms with E-state index in [4.69, 9.17) is 9.84 Å². The summed E-state index contributed by atoms with van der Waals surface area (Å²) in [6, 6.07) is 26.8. The molecule has 5 rings (SSSR count). The van der Waals surface area contributed by atoms with E-state index >= 15 is 0 Å². The molecule has 1 amide bonds. The highest BCUT2D eigenvalue weighted by Gasteiger charge is 2.29. The molecule has 1 N–H and O–H groups in total. The van der Waals surface area contributed by atoms with Gasteiger partial charge in [0, 0.05) is 18.7 Å². The number of ether oxygens (including phenoxy) is 1. The van der Waals surface area contributed by atoms with Crippen LogP contribution in [0.1, 0.15) is 27.4 Å². The molecule has 1 aliphatic carbocycles. The van der Waals surface area contributed by atoms with E-state index in [9.17, 15) is 9.59 Å². The Morgan fingerprint density at radius 1 is 0.844 bits per heavy atom. The van der Waals surface area contributed by atoms with Crippen LogP contribution in [0.25, 0.3) is 21.9 Å². The van der Waals surface area contributed by atoms with Crippen molar-refractivity contribution in [2.75, 3.05) is 18.6 Å². The van der Waals surface area contributed by atoms with E-state index < -0.39 is 12.1 Å². The summed E-state index contributed by atoms with van der Waals surface area (Å²) in [4.78, 5) is 25.5. The van der Waals surface area contributed by atoms with Crippen molar-refractivity contribution in [1.29, 1.82) is 0 Å². The lowest BCUT2D eigenvalue weighted by molar-refractivity contribution is 0.0697. The zero-order valence-electron chi connectivity index (χ0n) is 17.5. The van der Waals surface area contributed by atoms with Gasteiger partial charge in [0.05, 0.1) is 5.56 Å². The van der Waals surface area contributed by atoms with E-state index in [-0.39, 0.29) is 18.1 Å². The van der Waals surface area contributed by atoms with Crippen LogP contribution < -0.4 is 4.90 Å². The van der Waals surface area contributed by atoms with Crippen molar-refractivity contribution in [3.63, 3.8) is 0 Å². The van der Waals surface area contributed by atoms with Crippen LogP contribution in [-0.4, -0.2) is 30.8 Å². The monoisotopic (exact) mass is 423 g/mol. The molecule has 0 saturated heterocycles. The number of amides is 1. The maximum atomic E-state index is 12.8. The molecule has 0 heterocycles. The molecule has 5 nitrogen and oxygen atoms in total. The number of carbonyl (C=O) groups is 2. The van der Waals surface area contributed by atoms with Gasteiger partial charge in [-0.2, -0.15) is 0 Å². The molecule has 0 aliphatic heterocycles. The first-order chi connectivity index (χ1) is 15.5. The number of rotatable bonds is 4. The van der Waals surface area contributed by atoms with Crippen LogP contribution in [0.15, 0.2) is 84.9 Å². The van der Waals surface area contributed by atoms with Crippen LogP contribution in [0.4, 0.5) is 10.5 Å². The van der Waals surface area contributed by atoms with E-state index in [0.29, 0.717) is 5.69 Å². The van der Waals surface area contributed by atoms with Gasteiger partial charge in [-0.15, -0.1) is 0 Å². The molecule has 1 aliphatic rings. The number of carbonyl (C=O) groups excluding carboxylic acids is 1. The summed E-state index contributed by atoms with van der Waals surface area (Å²) in [5.74, 6) is -0.961. The molecular weight excluding hydrogens is 402 g/mol. The number of carboxylic acid groups (broad SMARTS) is 1. The second-order valence-corrected chi connectivity index (χ2v) is 7.91. The lowest BCUT2D eigenvalue weighted by Gasteiger charge is -2.20. The van der Waals surface area contributed by atoms with Crippen LogP contribution in [0, 0.1) is 0 Å². The number of nitrogens with zero attached hydrogens (tertiary/aromatic N) is 1. The number of anilines is 1. The van der Waals surface area contributed by atoms with E-state index in [1.165, 1.54) is 27.2 Å². The zero-order chi connectivity index (χ0) is 22.2. The summed E-state index contributed by atoms with van der Waals surface area (Å²) in [5, 5.41) is 10.8. The molecule has 0 unspecified atom stereocenters. The van der Waals surface area contributed by atoms with Gasteiger partial charge >= 0.3 is 12.1 Å². The highest BCUT2D eigenvalue weighted by molar-refractivity contribution is 5.97. The molecular formula is C27H21NO4. The Morgan fingerprint density at radius 2 is 1.44 bits per heavy atom. The number of hydrogen-bond acceptors (Lipinski definition) is 3. The van der Waals surface area contributed by atoms with Crippen LogP contribution in [0.5, 0.6) is 0 Å². The average molecular weight is 423 g/mol. The second kappa shape index (κ2) is 7.85. The largest absolute Gasteiger partial charge is 0.478 e. The van der Waals surface area contributed by atoms with Gasteiger partial charge < -0.3 is 9.84 Å². The molecule has 0 saturated carbocycles. The lowest BCUT2D eigenvalue weighted by Crippen LogP contribution is -2.28. The highest BCUT2D eigenvalue weighted by atomic mass is 16.6. The number of benzene rings is 4. The van der Waals surface area contributed by atoms with Crippen LogP contribution in [0.3, 0.4) is 0 Å². The summed E-state index contributed by atoms with van der Waals surface area (Å²) in [5.41, 5.74) is 5.63. The molecule has 32 heavy (non-hydrogen) atoms. The minimum absolute atomic E-state index is 0.00536. The van der Waals surface area contributed by atoms with Crippen LogP contribution in [-0.2, 0) is 4.74 Å². The summed E-state index contributed by atoms with van der Waals surface area (Å²) in [6.07, 6.45) is -0.437. The van der Waals surface area contributed by atoms with E-state index in [1.807, 2.05) is 36.4 Å². The number of hydrogen-bond donors (Lipinski definition) is 1. The maximum Gasteiger partial charge on any atom is 0.414 e. The second-order valence-electron chi connectivity index (χ2n) is 7.91. The predicted molar refractivity (Wildman–Crippen MR) is 124 cm³/mol. The van der Waals surface area contributed by atoms with Gasteiger partial charge in [0.25, 0.3) is 0 Å². The topological polar surface area (TPSA) is 66.8 Å². The smallest absolute Gasteiger partial charge is 0.414 e. The molecule has 0 atom stereocenters. The van der Waals surface area contributed by atoms with Gasteiger partial charge in [-0.3, -0.25) is 4.90 Å². The number of fused-ring (bicyclic) bond motifs is 4. The number of carboxylic acids is 1. The van der Waals surface area contributed by atoms with Gasteiger partial charge in [-0.1, -0.05) is 60.7 Å². The van der Waals surface area contributed by atoms with Crippen molar-refractivity contribution in [3.05, 3.63) is 102 Å². The fourth-order valence-electron chi connectivity index (χ4n) is 4.37. The van der Waals surface area contributed by atoms with Crippen molar-refractivity contribution in [2.24, 2.45) is 0 Å². The summed E-state index contributed by atoms with van der Waals surface area (Å²) in [7, 11) is 1.67. The van der Waals surface area contributed by atoms with Gasteiger partial charge in [-0.05, 0) is 57.3 Å². The summed E-state index contributed by atoms with van der Waals surface area (Å²) >= 11 is 0. The molecule has 158 valence electrons. The fourth-order valence-corrected chi connectivity index (χ4v) is 4.37. The standard InChI is InChI=1S/C27H21NO4/c1-28(20-13-12-17-14-19(26(29)30)11-10-18(17)15-20)27(31)32-16-25-23-8-4-2-6-21(23)22-7-3-5-9-24(22)25/h2-15,25H,16H2,1H3,(H,29,30). The van der Waals surface area contributed by atoms with Crippen molar-refractivity contribution >= 4 is 28.5 Å². The Kier molecular flexibility index (Phi) is 4.86. The van der Waals surface area contributed by atoms with E-state index in [1.54, 1.807) is 31.3 Å². The third-order valence-corrected chi connectivity index (χ3v) is 6.07. The van der Waals surface area contributed by atoms with Crippen LogP contribution >= 0.6 is 0 Å². The third kappa shape index (κ3) is 3.38. The Bertz CT molecular complexity index is 1320. The normalized spacial score (nSPS) is 12.3. The molecule has 4 aromatic carbocycles. The van der Waals surface area contributed by atoms with E-state index in [2.05, 4.69) is 24.3 Å². The molecule has 0 fully saturated rings. The van der Waals surface area contributed by atoms with E-state index in [0.717, 1.165) is 10.8 Å². The Morgan fingerprint density at radius 3 is 2.09 bits per heavy atom. The number of aromatic carboxylic acids is 1. The van der Waals surface area contributed by atoms with Crippen molar-refractivity contribution in [1.82, 2.24) is 0 Å². The Hall–Kier alpha value is -4.12. The quantitative estimate of drug-likeness (QED) is 0.442. The Balaban J connectivity index is 1.34. The minimum atomic E-state index is -0.966. The summed E-state index contributed by atoms with van der Waals surface area (Å²) in [6.45, 7) is 0.257. The first-order valence-electron chi connectivity index (χ1n) is 10.4. The third-order valence-electron chi connectivity index (χ3n) is 6.07. The Labute approximate surface area is 185 Å². The molecule has 0 radical (unpaired) electrons. The van der Waals surface area contributed by atoms with Crippen molar-refractivity contribution in [3.8, 4) is 11.1 Å². The van der Waals surface area contributed by atoms with Gasteiger partial charge in [0.15, 0.2) is 0 Å². The molecule has 5 heteroatoms. The average Bonchev–Trinajstić information content (AvgIpc) is 3.15. The molecule has 0 spiro atoms. The van der Waals surface area contributed by atoms with Crippen molar-refractivity contribution < 1.29 is 19.4 Å². The SMILES string of the molecule is CN(C(=O)OCC1c2ccccc2-c2ccccc21)c1ccc2cc(C(=O)O)ccc2c1. The minimum Gasteiger partial charge on any atom is -0.478 e. The van der Waals surface area contributed by atoms with Gasteiger partial charge in [0.2, 0.25) is 0 Å². The molecule has 0 aromatic heterocycles. The maximum absolute atomic E-state index is 12.8. The summed E-state index contributed by atoms with van der Waals surface area (Å²) < 4.78 is 5.73. The highest BCUT2D eigenvalue weighted by Crippen LogP contribution is 2.44. The van der Waals surface area contributed by atoms with Crippen molar-refractivity contribution in [2.45, 2.75) is 5.92 Å². The fraction of sp³-hybridized carbons (Fsp3) is 0.111. The zero-order valence-corrected chi connectivity index (χ0v) is 17.5. The molecule has 0 bridgehead atoms. The lowest BCUT2D eigenvalue weighted by atomic mass is 9.98. The first-order valence-corrected chi connectivity index (χ1v) is 10.4.